The molecular formula is C14H14N2O2. The van der Waals surface area contributed by atoms with Gasteiger partial charge in [0.1, 0.15) is 0 Å². The van der Waals surface area contributed by atoms with Gasteiger partial charge in [-0.05, 0) is 11.6 Å². The number of hydrogen-bond donors (Lipinski definition) is 1. The summed E-state index contributed by atoms with van der Waals surface area (Å²) < 4.78 is 0. The van der Waals surface area contributed by atoms with Gasteiger partial charge in [0.25, 0.3) is 0 Å². The van der Waals surface area contributed by atoms with Gasteiger partial charge in [-0.2, -0.15) is 0 Å². The second-order valence-corrected chi connectivity index (χ2v) is 4.72. The van der Waals surface area contributed by atoms with Gasteiger partial charge >= 0.3 is 5.97 Å². The highest BCUT2D eigenvalue weighted by Crippen LogP contribution is 2.22. The van der Waals surface area contributed by atoms with Crippen molar-refractivity contribution < 1.29 is 9.90 Å². The summed E-state index contributed by atoms with van der Waals surface area (Å²) in [4.78, 5) is 17.3. The molecule has 18 heavy (non-hydrogen) atoms. The number of para-hydroxylation sites is 1. The third-order valence-electron chi connectivity index (χ3n) is 3.42. The average molecular weight is 242 g/mol. The standard InChI is InChI=1S/C14H14N2O2/c17-14(18)12-8-16(9-12)7-11-4-1-3-10-5-2-6-15-13(10)11/h1-6,12H,7-9H2,(H,17,18). The molecule has 0 spiro atoms. The first-order valence-electron chi connectivity index (χ1n) is 6.02. The maximum Gasteiger partial charge on any atom is 0.309 e. The lowest BCUT2D eigenvalue weighted by molar-refractivity contribution is -0.147. The minimum absolute atomic E-state index is 0.201. The molecule has 0 unspecified atom stereocenters. The summed E-state index contributed by atoms with van der Waals surface area (Å²) in [5, 5.41) is 9.98. The van der Waals surface area contributed by atoms with Crippen LogP contribution < -0.4 is 0 Å². The van der Waals surface area contributed by atoms with Crippen molar-refractivity contribution in [3.8, 4) is 0 Å². The highest BCUT2D eigenvalue weighted by molar-refractivity contribution is 5.81. The monoisotopic (exact) mass is 242 g/mol. The molecule has 4 nitrogen and oxygen atoms in total. The predicted octanol–water partition coefficient (Wildman–Crippen LogP) is 1.75. The first kappa shape index (κ1) is 11.2. The lowest BCUT2D eigenvalue weighted by Crippen LogP contribution is -2.49. The van der Waals surface area contributed by atoms with Gasteiger partial charge in [0.2, 0.25) is 0 Å². The summed E-state index contributed by atoms with van der Waals surface area (Å²) in [6, 6.07) is 10.1. The van der Waals surface area contributed by atoms with Crippen molar-refractivity contribution in [3.05, 3.63) is 42.1 Å². The molecule has 4 heteroatoms. The van der Waals surface area contributed by atoms with Gasteiger partial charge in [-0.25, -0.2) is 0 Å². The molecule has 0 radical (unpaired) electrons. The van der Waals surface area contributed by atoms with E-state index in [2.05, 4.69) is 16.0 Å². The number of likely N-dealkylation sites (tertiary alicyclic amines) is 1. The minimum atomic E-state index is -0.692. The topological polar surface area (TPSA) is 53.4 Å². The summed E-state index contributed by atoms with van der Waals surface area (Å²) in [7, 11) is 0. The average Bonchev–Trinajstić information content (AvgIpc) is 2.33. The van der Waals surface area contributed by atoms with E-state index in [1.54, 1.807) is 6.20 Å². The Hall–Kier alpha value is -1.94. The smallest absolute Gasteiger partial charge is 0.309 e. The Bertz CT molecular complexity index is 586. The van der Waals surface area contributed by atoms with Crippen molar-refractivity contribution in [1.29, 1.82) is 0 Å². The zero-order valence-electron chi connectivity index (χ0n) is 9.91. The van der Waals surface area contributed by atoms with Crippen LogP contribution in [-0.4, -0.2) is 34.0 Å². The first-order valence-corrected chi connectivity index (χ1v) is 6.02. The lowest BCUT2D eigenvalue weighted by atomic mass is 9.99. The quantitative estimate of drug-likeness (QED) is 0.891. The van der Waals surface area contributed by atoms with E-state index in [-0.39, 0.29) is 5.92 Å². The number of carbonyl (C=O) groups is 1. The Labute approximate surface area is 105 Å². The minimum Gasteiger partial charge on any atom is -0.481 e. The van der Waals surface area contributed by atoms with Crippen LogP contribution >= 0.6 is 0 Å². The van der Waals surface area contributed by atoms with Crippen molar-refractivity contribution in [3.63, 3.8) is 0 Å². The number of aliphatic carboxylic acids is 1. The van der Waals surface area contributed by atoms with Crippen LogP contribution in [0.15, 0.2) is 36.5 Å². The zero-order valence-corrected chi connectivity index (χ0v) is 9.91. The summed E-state index contributed by atoms with van der Waals surface area (Å²) in [6.45, 7) is 2.05. The highest BCUT2D eigenvalue weighted by Gasteiger charge is 2.32. The van der Waals surface area contributed by atoms with Crippen LogP contribution in [0.1, 0.15) is 5.56 Å². The molecule has 0 aliphatic carbocycles. The van der Waals surface area contributed by atoms with Crippen LogP contribution in [0.25, 0.3) is 10.9 Å². The van der Waals surface area contributed by atoms with Gasteiger partial charge in [-0.15, -0.1) is 0 Å². The number of fused-ring (bicyclic) bond motifs is 1. The molecule has 1 aliphatic heterocycles. The number of carboxylic acid groups (broad SMARTS) is 1. The normalized spacial score (nSPS) is 16.7. The van der Waals surface area contributed by atoms with Gasteiger partial charge < -0.3 is 5.11 Å². The molecule has 0 atom stereocenters. The van der Waals surface area contributed by atoms with Crippen LogP contribution in [0.3, 0.4) is 0 Å². The first-order chi connectivity index (χ1) is 8.74. The Kier molecular flexibility index (Phi) is 2.72. The van der Waals surface area contributed by atoms with Crippen LogP contribution in [0.4, 0.5) is 0 Å². The summed E-state index contributed by atoms with van der Waals surface area (Å²) in [6.07, 6.45) is 1.79. The number of pyridine rings is 1. The van der Waals surface area contributed by atoms with Crippen LogP contribution in [0, 0.1) is 5.92 Å². The molecular weight excluding hydrogens is 228 g/mol. The maximum absolute atomic E-state index is 10.8. The SMILES string of the molecule is O=C(O)C1CN(Cc2cccc3cccnc23)C1. The molecule has 1 aliphatic rings. The molecule has 2 heterocycles. The number of nitrogens with zero attached hydrogens (tertiary/aromatic N) is 2. The van der Waals surface area contributed by atoms with Gasteiger partial charge in [-0.1, -0.05) is 24.3 Å². The number of carboxylic acids is 1. The molecule has 0 bridgehead atoms. The van der Waals surface area contributed by atoms with E-state index in [0.29, 0.717) is 13.1 Å². The molecule has 1 aromatic heterocycles. The van der Waals surface area contributed by atoms with Crippen molar-refractivity contribution in [2.24, 2.45) is 5.92 Å². The molecule has 1 fully saturated rings. The van der Waals surface area contributed by atoms with Crippen molar-refractivity contribution >= 4 is 16.9 Å². The largest absolute Gasteiger partial charge is 0.481 e. The number of rotatable bonds is 3. The summed E-state index contributed by atoms with van der Waals surface area (Å²) >= 11 is 0. The molecule has 1 aromatic carbocycles. The highest BCUT2D eigenvalue weighted by atomic mass is 16.4. The van der Waals surface area contributed by atoms with E-state index in [1.165, 1.54) is 0 Å². The zero-order chi connectivity index (χ0) is 12.5. The molecule has 2 aromatic rings. The maximum atomic E-state index is 10.8. The summed E-state index contributed by atoms with van der Waals surface area (Å²) in [5.41, 5.74) is 2.18. The Morgan fingerprint density at radius 1 is 1.33 bits per heavy atom. The Morgan fingerprint density at radius 2 is 2.11 bits per heavy atom. The van der Waals surface area contributed by atoms with Crippen molar-refractivity contribution in [2.45, 2.75) is 6.54 Å². The molecule has 1 N–H and O–H groups in total. The van der Waals surface area contributed by atoms with Gasteiger partial charge in [0, 0.05) is 31.2 Å². The Morgan fingerprint density at radius 3 is 2.89 bits per heavy atom. The fourth-order valence-electron chi connectivity index (χ4n) is 2.39. The number of benzene rings is 1. The van der Waals surface area contributed by atoms with Crippen LogP contribution in [0.5, 0.6) is 0 Å². The van der Waals surface area contributed by atoms with Gasteiger partial charge in [0.15, 0.2) is 0 Å². The van der Waals surface area contributed by atoms with E-state index in [9.17, 15) is 4.79 Å². The predicted molar refractivity (Wildman–Crippen MR) is 68.1 cm³/mol. The molecule has 0 amide bonds. The van der Waals surface area contributed by atoms with E-state index in [0.717, 1.165) is 23.0 Å². The molecule has 3 rings (SSSR count). The van der Waals surface area contributed by atoms with Crippen LogP contribution in [0.2, 0.25) is 0 Å². The fraction of sp³-hybridized carbons (Fsp3) is 0.286. The van der Waals surface area contributed by atoms with E-state index >= 15 is 0 Å². The second kappa shape index (κ2) is 4.38. The van der Waals surface area contributed by atoms with Gasteiger partial charge in [-0.3, -0.25) is 14.7 Å². The van der Waals surface area contributed by atoms with Crippen molar-refractivity contribution in [1.82, 2.24) is 9.88 Å². The van der Waals surface area contributed by atoms with Crippen molar-refractivity contribution in [2.75, 3.05) is 13.1 Å². The molecule has 0 saturated carbocycles. The third kappa shape index (κ3) is 1.95. The number of hydrogen-bond acceptors (Lipinski definition) is 3. The molecule has 92 valence electrons. The van der Waals surface area contributed by atoms with Gasteiger partial charge in [0.05, 0.1) is 11.4 Å². The molecule has 1 saturated heterocycles. The van der Waals surface area contributed by atoms with E-state index in [4.69, 9.17) is 5.11 Å². The van der Waals surface area contributed by atoms with Crippen LogP contribution in [-0.2, 0) is 11.3 Å². The Balaban J connectivity index is 1.78. The summed E-state index contributed by atoms with van der Waals surface area (Å²) in [5.74, 6) is -0.893. The van der Waals surface area contributed by atoms with E-state index in [1.807, 2.05) is 24.3 Å². The van der Waals surface area contributed by atoms with E-state index < -0.39 is 5.97 Å². The number of aromatic nitrogens is 1. The lowest BCUT2D eigenvalue weighted by Gasteiger charge is -2.36. The fourth-order valence-corrected chi connectivity index (χ4v) is 2.39. The third-order valence-corrected chi connectivity index (χ3v) is 3.42. The second-order valence-electron chi connectivity index (χ2n) is 4.72.